The van der Waals surface area contributed by atoms with E-state index in [0.717, 1.165) is 11.8 Å². The fourth-order valence-electron chi connectivity index (χ4n) is 1.55. The van der Waals surface area contributed by atoms with Gasteiger partial charge in [0.15, 0.2) is 0 Å². The van der Waals surface area contributed by atoms with Crippen LogP contribution in [0, 0.1) is 12.7 Å². The number of pyridine rings is 1. The van der Waals surface area contributed by atoms with Gasteiger partial charge >= 0.3 is 5.97 Å². The number of halogens is 1. The first-order chi connectivity index (χ1) is 9.47. The molecule has 0 fully saturated rings. The Bertz CT molecular complexity index is 669. The molecule has 0 bridgehead atoms. The molecule has 5 nitrogen and oxygen atoms in total. The molecule has 1 heterocycles. The maximum atomic E-state index is 13.7. The first-order valence-electron chi connectivity index (χ1n) is 5.74. The largest absolute Gasteiger partial charge is 0.478 e. The predicted molar refractivity (Wildman–Crippen MR) is 70.3 cm³/mol. The Morgan fingerprint density at radius 3 is 2.45 bits per heavy atom. The quantitative estimate of drug-likeness (QED) is 0.901. The number of nitrogens with zero attached hydrogens (tertiary/aromatic N) is 1. The van der Waals surface area contributed by atoms with E-state index in [0.29, 0.717) is 0 Å². The average molecular weight is 274 g/mol. The normalized spacial score (nSPS) is 10.1. The van der Waals surface area contributed by atoms with Gasteiger partial charge in [-0.25, -0.2) is 9.18 Å². The van der Waals surface area contributed by atoms with Crippen molar-refractivity contribution in [2.24, 2.45) is 0 Å². The van der Waals surface area contributed by atoms with Crippen LogP contribution >= 0.6 is 0 Å². The van der Waals surface area contributed by atoms with E-state index in [1.807, 2.05) is 0 Å². The number of carboxylic acids is 1. The van der Waals surface area contributed by atoms with Crippen molar-refractivity contribution in [2.75, 3.05) is 5.32 Å². The summed E-state index contributed by atoms with van der Waals surface area (Å²) in [6.07, 6.45) is 1.38. The van der Waals surface area contributed by atoms with Crippen molar-refractivity contribution < 1.29 is 19.1 Å². The number of benzene rings is 1. The third kappa shape index (κ3) is 2.97. The lowest BCUT2D eigenvalue weighted by atomic mass is 10.2. The van der Waals surface area contributed by atoms with Crippen LogP contribution in [0.15, 0.2) is 36.5 Å². The van der Waals surface area contributed by atoms with Gasteiger partial charge in [-0.2, -0.15) is 0 Å². The van der Waals surface area contributed by atoms with Crippen molar-refractivity contribution in [3.63, 3.8) is 0 Å². The van der Waals surface area contributed by atoms with Gasteiger partial charge in [-0.3, -0.25) is 9.78 Å². The molecular formula is C14H11FN2O3. The first-order valence-corrected chi connectivity index (χ1v) is 5.74. The number of carboxylic acid groups (broad SMARTS) is 1. The van der Waals surface area contributed by atoms with E-state index < -0.39 is 17.7 Å². The minimum Gasteiger partial charge on any atom is -0.478 e. The van der Waals surface area contributed by atoms with Crippen LogP contribution in [0.3, 0.4) is 0 Å². The second kappa shape index (κ2) is 5.48. The van der Waals surface area contributed by atoms with E-state index in [4.69, 9.17) is 5.11 Å². The zero-order chi connectivity index (χ0) is 14.7. The summed E-state index contributed by atoms with van der Waals surface area (Å²) >= 11 is 0. The Hall–Kier alpha value is -2.76. The van der Waals surface area contributed by atoms with Crippen LogP contribution in [0.5, 0.6) is 0 Å². The van der Waals surface area contributed by atoms with Gasteiger partial charge in [0.1, 0.15) is 5.82 Å². The Labute approximate surface area is 114 Å². The fraction of sp³-hybridized carbons (Fsp3) is 0.0714. The summed E-state index contributed by atoms with van der Waals surface area (Å²) in [5.74, 6) is -2.55. The number of carbonyl (C=O) groups excluding carboxylic acids is 1. The number of rotatable bonds is 3. The van der Waals surface area contributed by atoms with Crippen molar-refractivity contribution in [1.82, 2.24) is 4.98 Å². The lowest BCUT2D eigenvalue weighted by Gasteiger charge is -2.07. The molecule has 2 aromatic rings. The molecule has 0 aliphatic heterocycles. The number of nitrogens with one attached hydrogen (secondary N) is 1. The topological polar surface area (TPSA) is 79.3 Å². The number of amides is 1. The minimum absolute atomic E-state index is 0.0828. The van der Waals surface area contributed by atoms with Crippen LogP contribution in [0.4, 0.5) is 10.1 Å². The van der Waals surface area contributed by atoms with Crippen molar-refractivity contribution >= 4 is 17.6 Å². The third-order valence-electron chi connectivity index (χ3n) is 2.64. The highest BCUT2D eigenvalue weighted by molar-refractivity contribution is 6.04. The molecule has 0 unspecified atom stereocenters. The van der Waals surface area contributed by atoms with E-state index in [-0.39, 0.29) is 16.8 Å². The van der Waals surface area contributed by atoms with Crippen molar-refractivity contribution in [3.8, 4) is 0 Å². The fourth-order valence-corrected chi connectivity index (χ4v) is 1.55. The van der Waals surface area contributed by atoms with E-state index in [9.17, 15) is 14.0 Å². The molecule has 0 radical (unpaired) electrons. The molecule has 1 amide bonds. The number of carbonyl (C=O) groups is 2. The number of aryl methyl sites for hydroxylation is 1. The van der Waals surface area contributed by atoms with E-state index in [1.54, 1.807) is 19.1 Å². The Kier molecular flexibility index (Phi) is 3.74. The standard InChI is InChI=1S/C14H11FN2O3/c1-8-2-3-10(7-16-8)13(18)17-12-5-4-9(14(19)20)6-11(12)15/h2-7H,1H3,(H,17,18)(H,19,20). The molecule has 0 saturated heterocycles. The molecule has 2 N–H and O–H groups in total. The first kappa shape index (κ1) is 13.7. The molecule has 6 heteroatoms. The molecule has 20 heavy (non-hydrogen) atoms. The molecule has 0 aliphatic carbocycles. The van der Waals surface area contributed by atoms with Gasteiger partial charge in [0.25, 0.3) is 5.91 Å². The molecule has 0 saturated carbocycles. The van der Waals surface area contributed by atoms with E-state index >= 15 is 0 Å². The highest BCUT2D eigenvalue weighted by Crippen LogP contribution is 2.17. The molecule has 0 spiro atoms. The minimum atomic E-state index is -1.23. The van der Waals surface area contributed by atoms with Crippen LogP contribution in [0.1, 0.15) is 26.4 Å². The summed E-state index contributed by atoms with van der Waals surface area (Å²) < 4.78 is 13.7. The van der Waals surface area contributed by atoms with Gasteiger partial charge in [-0.05, 0) is 37.3 Å². The van der Waals surface area contributed by atoms with Gasteiger partial charge in [0, 0.05) is 11.9 Å². The maximum Gasteiger partial charge on any atom is 0.335 e. The number of anilines is 1. The summed E-state index contributed by atoms with van der Waals surface area (Å²) in [6.45, 7) is 1.78. The summed E-state index contributed by atoms with van der Waals surface area (Å²) in [4.78, 5) is 26.5. The Morgan fingerprint density at radius 1 is 1.20 bits per heavy atom. The van der Waals surface area contributed by atoms with Gasteiger partial charge in [0.05, 0.1) is 16.8 Å². The Morgan fingerprint density at radius 2 is 1.90 bits per heavy atom. The number of aromatic nitrogens is 1. The number of hydrogen-bond acceptors (Lipinski definition) is 3. The molecule has 0 aliphatic rings. The molecular weight excluding hydrogens is 263 g/mol. The maximum absolute atomic E-state index is 13.7. The molecule has 0 atom stereocenters. The average Bonchev–Trinajstić information content (AvgIpc) is 2.41. The van der Waals surface area contributed by atoms with Crippen LogP contribution in [0.25, 0.3) is 0 Å². The molecule has 2 rings (SSSR count). The summed E-state index contributed by atoms with van der Waals surface area (Å²) in [5, 5.41) is 11.1. The van der Waals surface area contributed by atoms with Gasteiger partial charge in [0.2, 0.25) is 0 Å². The summed E-state index contributed by atoms with van der Waals surface area (Å²) in [5.41, 5.74) is 0.786. The molecule has 1 aromatic heterocycles. The summed E-state index contributed by atoms with van der Waals surface area (Å²) in [7, 11) is 0. The predicted octanol–water partition coefficient (Wildman–Crippen LogP) is 2.48. The van der Waals surface area contributed by atoms with Gasteiger partial charge < -0.3 is 10.4 Å². The highest BCUT2D eigenvalue weighted by atomic mass is 19.1. The second-order valence-electron chi connectivity index (χ2n) is 4.14. The van der Waals surface area contributed by atoms with Crippen molar-refractivity contribution in [2.45, 2.75) is 6.92 Å². The van der Waals surface area contributed by atoms with Crippen LogP contribution in [-0.2, 0) is 0 Å². The van der Waals surface area contributed by atoms with E-state index in [1.165, 1.54) is 18.3 Å². The zero-order valence-corrected chi connectivity index (χ0v) is 10.6. The summed E-state index contributed by atoms with van der Waals surface area (Å²) in [6, 6.07) is 6.51. The monoisotopic (exact) mass is 274 g/mol. The van der Waals surface area contributed by atoms with Crippen molar-refractivity contribution in [1.29, 1.82) is 0 Å². The van der Waals surface area contributed by atoms with Gasteiger partial charge in [-0.1, -0.05) is 0 Å². The van der Waals surface area contributed by atoms with Gasteiger partial charge in [-0.15, -0.1) is 0 Å². The second-order valence-corrected chi connectivity index (χ2v) is 4.14. The lowest BCUT2D eigenvalue weighted by Crippen LogP contribution is -2.13. The van der Waals surface area contributed by atoms with Crippen LogP contribution in [0.2, 0.25) is 0 Å². The third-order valence-corrected chi connectivity index (χ3v) is 2.64. The SMILES string of the molecule is Cc1ccc(C(=O)Nc2ccc(C(=O)O)cc2F)cn1. The Balaban J connectivity index is 2.19. The zero-order valence-electron chi connectivity index (χ0n) is 10.6. The molecule has 102 valence electrons. The highest BCUT2D eigenvalue weighted by Gasteiger charge is 2.12. The van der Waals surface area contributed by atoms with Crippen LogP contribution < -0.4 is 5.32 Å². The number of aromatic carboxylic acids is 1. The molecule has 1 aromatic carbocycles. The number of hydrogen-bond donors (Lipinski definition) is 2. The van der Waals surface area contributed by atoms with Crippen molar-refractivity contribution in [3.05, 3.63) is 59.2 Å². The lowest BCUT2D eigenvalue weighted by molar-refractivity contribution is 0.0696. The van der Waals surface area contributed by atoms with E-state index in [2.05, 4.69) is 10.3 Å². The van der Waals surface area contributed by atoms with Crippen LogP contribution in [-0.4, -0.2) is 22.0 Å². The smallest absolute Gasteiger partial charge is 0.335 e.